The van der Waals surface area contributed by atoms with Gasteiger partial charge in [-0.25, -0.2) is 13.1 Å². The van der Waals surface area contributed by atoms with E-state index in [1.54, 1.807) is 28.4 Å². The Bertz CT molecular complexity index is 655. The molecule has 2 rings (SSSR count). The van der Waals surface area contributed by atoms with Crippen LogP contribution in [0.25, 0.3) is 6.08 Å². The first-order valence-electron chi connectivity index (χ1n) is 7.04. The van der Waals surface area contributed by atoms with Crippen LogP contribution in [0, 0.1) is 0 Å². The number of hydrogen-bond donors (Lipinski definition) is 1. The van der Waals surface area contributed by atoms with E-state index in [9.17, 15) is 13.2 Å². The summed E-state index contributed by atoms with van der Waals surface area (Å²) < 4.78 is 26.0. The van der Waals surface area contributed by atoms with E-state index < -0.39 is 10.0 Å². The minimum absolute atomic E-state index is 0.0653. The van der Waals surface area contributed by atoms with Gasteiger partial charge in [-0.1, -0.05) is 0 Å². The van der Waals surface area contributed by atoms with Crippen molar-refractivity contribution >= 4 is 49.3 Å². The molecule has 1 aromatic rings. The molecule has 0 aliphatic carbocycles. The fraction of sp³-hybridized carbons (Fsp3) is 0.500. The average molecular weight is 407 g/mol. The maximum Gasteiger partial charge on any atom is 0.246 e. The third-order valence-electron chi connectivity index (χ3n) is 3.48. The molecule has 22 heavy (non-hydrogen) atoms. The number of nitrogens with one attached hydrogen (secondary N) is 1. The molecule has 1 atom stereocenters. The van der Waals surface area contributed by atoms with Gasteiger partial charge in [-0.2, -0.15) is 0 Å². The van der Waals surface area contributed by atoms with Crippen LogP contribution < -0.4 is 4.72 Å². The fourth-order valence-electron chi connectivity index (χ4n) is 2.42. The molecule has 0 aromatic carbocycles. The Morgan fingerprint density at radius 3 is 2.91 bits per heavy atom. The summed E-state index contributed by atoms with van der Waals surface area (Å²) in [7, 11) is -3.23. The normalized spacial score (nSPS) is 19.7. The van der Waals surface area contributed by atoms with Crippen molar-refractivity contribution in [1.82, 2.24) is 9.62 Å². The summed E-state index contributed by atoms with van der Waals surface area (Å²) in [5.41, 5.74) is 0. The third kappa shape index (κ3) is 5.49. The van der Waals surface area contributed by atoms with Crippen LogP contribution in [0.2, 0.25) is 0 Å². The maximum absolute atomic E-state index is 12.4. The predicted octanol–water partition coefficient (Wildman–Crippen LogP) is 2.45. The Morgan fingerprint density at radius 1 is 1.50 bits per heavy atom. The van der Waals surface area contributed by atoms with Crippen molar-refractivity contribution in [3.63, 3.8) is 0 Å². The van der Waals surface area contributed by atoms with Gasteiger partial charge in [-0.15, -0.1) is 11.3 Å². The zero-order valence-electron chi connectivity index (χ0n) is 12.3. The molecule has 2 heterocycles. The summed E-state index contributed by atoms with van der Waals surface area (Å²) in [4.78, 5) is 15.1. The van der Waals surface area contributed by atoms with Gasteiger partial charge in [0.15, 0.2) is 0 Å². The highest BCUT2D eigenvalue weighted by Crippen LogP contribution is 2.23. The van der Waals surface area contributed by atoms with Crippen LogP contribution in [-0.2, 0) is 14.8 Å². The highest BCUT2D eigenvalue weighted by molar-refractivity contribution is 9.11. The van der Waals surface area contributed by atoms with Crippen molar-refractivity contribution in [2.24, 2.45) is 0 Å². The van der Waals surface area contributed by atoms with Gasteiger partial charge >= 0.3 is 0 Å². The number of thiophene rings is 1. The van der Waals surface area contributed by atoms with Gasteiger partial charge in [-0.3, -0.25) is 4.79 Å². The molecule has 1 aliphatic heterocycles. The summed E-state index contributed by atoms with van der Waals surface area (Å²) >= 11 is 4.95. The molecular formula is C14H19BrN2O3S2. The number of halogens is 1. The maximum atomic E-state index is 12.4. The molecule has 1 unspecified atom stereocenters. The summed E-state index contributed by atoms with van der Waals surface area (Å²) in [5.74, 6) is -0.0653. The first-order valence-corrected chi connectivity index (χ1v) is 10.5. The van der Waals surface area contributed by atoms with Gasteiger partial charge in [-0.05, 0) is 53.4 Å². The molecule has 1 saturated heterocycles. The lowest BCUT2D eigenvalue weighted by Gasteiger charge is -2.35. The Labute approximate surface area is 143 Å². The number of carbonyl (C=O) groups is 1. The molecule has 122 valence electrons. The van der Waals surface area contributed by atoms with Gasteiger partial charge in [0.1, 0.15) is 0 Å². The molecule has 1 aliphatic rings. The molecule has 8 heteroatoms. The molecule has 0 radical (unpaired) electrons. The second-order valence-corrected chi connectivity index (χ2v) is 9.60. The number of nitrogens with zero attached hydrogens (tertiary/aromatic N) is 1. The summed E-state index contributed by atoms with van der Waals surface area (Å²) in [6, 6.07) is 3.81. The SMILES string of the molecule is CS(=O)(=O)NCC1CCCCN1C(=O)/C=C/c1ccc(Br)s1. The molecule has 5 nitrogen and oxygen atoms in total. The quantitative estimate of drug-likeness (QED) is 0.763. The lowest BCUT2D eigenvalue weighted by Crippen LogP contribution is -2.48. The van der Waals surface area contributed by atoms with E-state index in [0.717, 1.165) is 34.2 Å². The van der Waals surface area contributed by atoms with Gasteiger partial charge < -0.3 is 4.90 Å². The van der Waals surface area contributed by atoms with Crippen LogP contribution in [0.4, 0.5) is 0 Å². The number of rotatable bonds is 5. The van der Waals surface area contributed by atoms with Gasteiger partial charge in [0.25, 0.3) is 0 Å². The van der Waals surface area contributed by atoms with Crippen LogP contribution in [0.1, 0.15) is 24.1 Å². The van der Waals surface area contributed by atoms with Crippen LogP contribution in [0.3, 0.4) is 0 Å². The van der Waals surface area contributed by atoms with E-state index in [0.29, 0.717) is 6.54 Å². The Kier molecular flexibility index (Phi) is 6.19. The first-order chi connectivity index (χ1) is 10.3. The molecule has 0 saturated carbocycles. The van der Waals surface area contributed by atoms with Crippen LogP contribution in [-0.4, -0.2) is 44.6 Å². The van der Waals surface area contributed by atoms with Gasteiger partial charge in [0.05, 0.1) is 10.0 Å². The lowest BCUT2D eigenvalue weighted by atomic mass is 10.0. The Balaban J connectivity index is 2.00. The minimum Gasteiger partial charge on any atom is -0.335 e. The fourth-order valence-corrected chi connectivity index (χ4v) is 4.24. The first kappa shape index (κ1) is 17.7. The third-order valence-corrected chi connectivity index (χ3v) is 5.76. The molecular weight excluding hydrogens is 388 g/mol. The van der Waals surface area contributed by atoms with Crippen LogP contribution in [0.15, 0.2) is 22.0 Å². The Hall–Kier alpha value is -0.700. The van der Waals surface area contributed by atoms with Crippen molar-refractivity contribution in [2.75, 3.05) is 19.3 Å². The minimum atomic E-state index is -3.23. The molecule has 1 aromatic heterocycles. The Morgan fingerprint density at radius 2 is 2.27 bits per heavy atom. The summed E-state index contributed by atoms with van der Waals surface area (Å²) in [5, 5.41) is 0. The van der Waals surface area contributed by atoms with Crippen molar-refractivity contribution in [2.45, 2.75) is 25.3 Å². The lowest BCUT2D eigenvalue weighted by molar-refractivity contribution is -0.129. The molecule has 0 bridgehead atoms. The topological polar surface area (TPSA) is 66.5 Å². The van der Waals surface area contributed by atoms with Gasteiger partial charge in [0, 0.05) is 30.1 Å². The van der Waals surface area contributed by atoms with Gasteiger partial charge in [0.2, 0.25) is 15.9 Å². The highest BCUT2D eigenvalue weighted by atomic mass is 79.9. The average Bonchev–Trinajstić information content (AvgIpc) is 2.88. The number of sulfonamides is 1. The van der Waals surface area contributed by atoms with E-state index in [1.165, 1.54) is 0 Å². The van der Waals surface area contributed by atoms with Crippen molar-refractivity contribution in [3.05, 3.63) is 26.9 Å². The van der Waals surface area contributed by atoms with Crippen molar-refractivity contribution < 1.29 is 13.2 Å². The van der Waals surface area contributed by atoms with Crippen LogP contribution in [0.5, 0.6) is 0 Å². The monoisotopic (exact) mass is 406 g/mol. The zero-order valence-corrected chi connectivity index (χ0v) is 15.5. The number of hydrogen-bond acceptors (Lipinski definition) is 4. The van der Waals surface area contributed by atoms with E-state index in [4.69, 9.17) is 0 Å². The predicted molar refractivity (Wildman–Crippen MR) is 93.3 cm³/mol. The largest absolute Gasteiger partial charge is 0.335 e. The van der Waals surface area contributed by atoms with Crippen LogP contribution >= 0.6 is 27.3 Å². The molecule has 1 amide bonds. The number of piperidine rings is 1. The van der Waals surface area contributed by atoms with E-state index in [2.05, 4.69) is 20.7 Å². The second kappa shape index (κ2) is 7.72. The second-order valence-electron chi connectivity index (χ2n) is 5.28. The highest BCUT2D eigenvalue weighted by Gasteiger charge is 2.25. The summed E-state index contributed by atoms with van der Waals surface area (Å²) in [6.45, 7) is 0.955. The van der Waals surface area contributed by atoms with Crippen molar-refractivity contribution in [3.8, 4) is 0 Å². The molecule has 1 N–H and O–H groups in total. The molecule has 1 fully saturated rings. The number of likely N-dealkylation sites (tertiary alicyclic amines) is 1. The van der Waals surface area contributed by atoms with E-state index in [-0.39, 0.29) is 18.5 Å². The van der Waals surface area contributed by atoms with E-state index >= 15 is 0 Å². The van der Waals surface area contributed by atoms with E-state index in [1.807, 2.05) is 12.1 Å². The standard InChI is InChI=1S/C14H19BrN2O3S2/c1-22(19,20)16-10-11-4-2-3-9-17(11)14(18)8-6-12-5-7-13(15)21-12/h5-8,11,16H,2-4,9-10H2,1H3/b8-6+. The number of amides is 1. The molecule has 0 spiro atoms. The smallest absolute Gasteiger partial charge is 0.246 e. The zero-order chi connectivity index (χ0) is 16.2. The van der Waals surface area contributed by atoms with Crippen molar-refractivity contribution in [1.29, 1.82) is 0 Å². The summed E-state index contributed by atoms with van der Waals surface area (Å²) in [6.07, 6.45) is 7.30. The number of carbonyl (C=O) groups excluding carboxylic acids is 1.